The fourth-order valence-corrected chi connectivity index (χ4v) is 5.45. The molecule has 13 heteroatoms. The molecule has 2 heterocycles. The molecule has 8 nitrogen and oxygen atoms in total. The van der Waals surface area contributed by atoms with Crippen LogP contribution in [0.4, 0.5) is 22.0 Å². The number of nitrogens with zero attached hydrogens (tertiary/aromatic N) is 1. The SMILES string of the molecule is COc1c(C(F)(F)F)ccn([C@H]2C(=O)N[C@H](CC(=O)O)c3cc(cc(C)c3F)-c3c(C)cccc3Oc3ccc(F)c2c3)c1=O. The number of methoxy groups -OCH3 is 1. The Hall–Kier alpha value is -5.20. The Morgan fingerprint density at radius 3 is 2.42 bits per heavy atom. The van der Waals surface area contributed by atoms with Crippen molar-refractivity contribution in [1.82, 2.24) is 9.88 Å². The molecule has 5 rings (SSSR count). The monoisotopic (exact) mass is 628 g/mol. The highest BCUT2D eigenvalue weighted by Gasteiger charge is 2.38. The summed E-state index contributed by atoms with van der Waals surface area (Å²) in [4.78, 5) is 39.3. The van der Waals surface area contributed by atoms with Crippen LogP contribution in [0.2, 0.25) is 0 Å². The standard InChI is InChI=1S/C32H25F5N2O6/c1-15-5-4-6-24-26(15)17-11-16(2)27(34)20(12-17)23(14-25(40)41)38-30(42)28(19-13-18(45-24)7-8-22(19)33)39-10-9-21(32(35,36)37)29(44-3)31(39)43/h4-13,23,28H,14H2,1-3H3,(H,38,42)(H,40,41)/t23-,28-/m1/s1. The van der Waals surface area contributed by atoms with Crippen LogP contribution in [0.5, 0.6) is 17.2 Å². The van der Waals surface area contributed by atoms with Crippen LogP contribution >= 0.6 is 0 Å². The van der Waals surface area contributed by atoms with E-state index in [1.807, 2.05) is 0 Å². The predicted octanol–water partition coefficient (Wildman–Crippen LogP) is 6.47. The summed E-state index contributed by atoms with van der Waals surface area (Å²) in [7, 11) is 0.830. The number of alkyl halides is 3. The number of aryl methyl sites for hydroxylation is 2. The van der Waals surface area contributed by atoms with Gasteiger partial charge in [0, 0.05) is 22.9 Å². The molecule has 3 aromatic carbocycles. The van der Waals surface area contributed by atoms with Gasteiger partial charge in [-0.2, -0.15) is 13.2 Å². The Balaban J connectivity index is 1.84. The third-order valence-electron chi connectivity index (χ3n) is 7.48. The maximum Gasteiger partial charge on any atom is 0.420 e. The molecule has 0 aliphatic carbocycles. The Morgan fingerprint density at radius 1 is 1.02 bits per heavy atom. The van der Waals surface area contributed by atoms with Gasteiger partial charge in [-0.25, -0.2) is 8.78 Å². The average molecular weight is 629 g/mol. The molecule has 4 bridgehead atoms. The van der Waals surface area contributed by atoms with Crippen molar-refractivity contribution in [3.8, 4) is 28.4 Å². The summed E-state index contributed by atoms with van der Waals surface area (Å²) in [5.41, 5.74) is -1.83. The number of pyridine rings is 1. The molecule has 4 aromatic rings. The van der Waals surface area contributed by atoms with Gasteiger partial charge in [0.1, 0.15) is 34.7 Å². The van der Waals surface area contributed by atoms with Crippen molar-refractivity contribution in [2.45, 2.75) is 38.5 Å². The number of carboxylic acid groups (broad SMARTS) is 1. The molecule has 1 amide bonds. The zero-order chi connectivity index (χ0) is 32.8. The summed E-state index contributed by atoms with van der Waals surface area (Å²) in [5, 5.41) is 12.1. The molecule has 234 valence electrons. The molecule has 1 aromatic heterocycles. The molecule has 0 radical (unpaired) electrons. The predicted molar refractivity (Wildman–Crippen MR) is 151 cm³/mol. The number of aliphatic carboxylic acids is 1. The van der Waals surface area contributed by atoms with Crippen LogP contribution in [0.25, 0.3) is 11.1 Å². The minimum atomic E-state index is -5.01. The van der Waals surface area contributed by atoms with E-state index in [4.69, 9.17) is 9.47 Å². The first-order chi connectivity index (χ1) is 21.2. The Labute approximate surface area is 252 Å². The third kappa shape index (κ3) is 5.85. The van der Waals surface area contributed by atoms with E-state index in [2.05, 4.69) is 5.32 Å². The number of benzene rings is 3. The van der Waals surface area contributed by atoms with Gasteiger partial charge in [-0.3, -0.25) is 19.0 Å². The molecular formula is C32H25F5N2O6. The van der Waals surface area contributed by atoms with E-state index in [9.17, 15) is 32.7 Å². The highest BCUT2D eigenvalue weighted by atomic mass is 19.4. The van der Waals surface area contributed by atoms with E-state index in [-0.39, 0.29) is 22.6 Å². The zero-order valence-electron chi connectivity index (χ0n) is 24.0. The molecule has 0 saturated heterocycles. The largest absolute Gasteiger partial charge is 0.491 e. The van der Waals surface area contributed by atoms with Crippen molar-refractivity contribution in [3.05, 3.63) is 111 Å². The molecule has 0 unspecified atom stereocenters. The molecule has 0 fully saturated rings. The quantitative estimate of drug-likeness (QED) is 0.251. The van der Waals surface area contributed by atoms with Crippen molar-refractivity contribution in [3.63, 3.8) is 0 Å². The number of aromatic nitrogens is 1. The number of rotatable bonds is 4. The summed E-state index contributed by atoms with van der Waals surface area (Å²) >= 11 is 0. The van der Waals surface area contributed by atoms with Gasteiger partial charge in [0.05, 0.1) is 19.6 Å². The Morgan fingerprint density at radius 2 is 1.76 bits per heavy atom. The van der Waals surface area contributed by atoms with Gasteiger partial charge < -0.3 is 19.9 Å². The van der Waals surface area contributed by atoms with Crippen molar-refractivity contribution in [2.24, 2.45) is 0 Å². The Bertz CT molecular complexity index is 1900. The number of amides is 1. The second-order valence-electron chi connectivity index (χ2n) is 10.5. The first kappa shape index (κ1) is 31.2. The molecule has 45 heavy (non-hydrogen) atoms. The molecule has 1 aliphatic heterocycles. The summed E-state index contributed by atoms with van der Waals surface area (Å²) < 4.78 is 83.7. The summed E-state index contributed by atoms with van der Waals surface area (Å²) in [6.07, 6.45) is -5.18. The number of nitrogens with one attached hydrogen (secondary N) is 1. The molecule has 2 atom stereocenters. The lowest BCUT2D eigenvalue weighted by Crippen LogP contribution is -2.41. The fourth-order valence-electron chi connectivity index (χ4n) is 5.45. The fraction of sp³-hybridized carbons (Fsp3) is 0.219. The minimum Gasteiger partial charge on any atom is -0.491 e. The van der Waals surface area contributed by atoms with Gasteiger partial charge in [-0.05, 0) is 73.0 Å². The number of halogens is 5. The second-order valence-corrected chi connectivity index (χ2v) is 10.5. The molecule has 2 N–H and O–H groups in total. The van der Waals surface area contributed by atoms with Crippen molar-refractivity contribution in [2.75, 3.05) is 7.11 Å². The van der Waals surface area contributed by atoms with Crippen LogP contribution < -0.4 is 20.3 Å². The molecule has 1 aliphatic rings. The van der Waals surface area contributed by atoms with Crippen LogP contribution in [0.1, 0.15) is 46.3 Å². The summed E-state index contributed by atoms with van der Waals surface area (Å²) in [5.74, 6) is -5.40. The van der Waals surface area contributed by atoms with E-state index < -0.39 is 70.6 Å². The lowest BCUT2D eigenvalue weighted by molar-refractivity contribution is -0.139. The van der Waals surface area contributed by atoms with Gasteiger partial charge in [0.25, 0.3) is 5.56 Å². The lowest BCUT2D eigenvalue weighted by Gasteiger charge is -2.26. The van der Waals surface area contributed by atoms with Gasteiger partial charge in [0.2, 0.25) is 5.91 Å². The first-order valence-corrected chi connectivity index (χ1v) is 13.5. The minimum absolute atomic E-state index is 0.00312. The van der Waals surface area contributed by atoms with Crippen molar-refractivity contribution < 1.29 is 46.1 Å². The van der Waals surface area contributed by atoms with E-state index in [1.54, 1.807) is 25.1 Å². The van der Waals surface area contributed by atoms with Crippen LogP contribution in [0.15, 0.2) is 65.6 Å². The van der Waals surface area contributed by atoms with E-state index in [1.165, 1.54) is 25.1 Å². The topological polar surface area (TPSA) is 107 Å². The summed E-state index contributed by atoms with van der Waals surface area (Å²) in [6.45, 7) is 3.22. The van der Waals surface area contributed by atoms with Crippen LogP contribution in [-0.2, 0) is 15.8 Å². The van der Waals surface area contributed by atoms with E-state index >= 15 is 8.78 Å². The number of ether oxygens (including phenoxy) is 2. The maximum absolute atomic E-state index is 15.7. The first-order valence-electron chi connectivity index (χ1n) is 13.5. The number of carbonyl (C=O) groups excluding carboxylic acids is 1. The van der Waals surface area contributed by atoms with Crippen LogP contribution in [0, 0.1) is 25.5 Å². The Kier molecular flexibility index (Phi) is 8.13. The van der Waals surface area contributed by atoms with Gasteiger partial charge in [0.15, 0.2) is 5.75 Å². The maximum atomic E-state index is 15.7. The van der Waals surface area contributed by atoms with Crippen LogP contribution in [0.3, 0.4) is 0 Å². The summed E-state index contributed by atoms with van der Waals surface area (Å²) in [6, 6.07) is 8.18. The lowest BCUT2D eigenvalue weighted by atomic mass is 9.92. The van der Waals surface area contributed by atoms with Crippen LogP contribution in [-0.4, -0.2) is 28.7 Å². The number of carbonyl (C=O) groups is 2. The molecular weight excluding hydrogens is 603 g/mol. The van der Waals surface area contributed by atoms with Crippen molar-refractivity contribution >= 4 is 11.9 Å². The molecule has 0 saturated carbocycles. The van der Waals surface area contributed by atoms with E-state index in [0.29, 0.717) is 33.5 Å². The number of hydrogen-bond acceptors (Lipinski definition) is 5. The number of fused-ring (bicyclic) bond motifs is 6. The normalized spacial score (nSPS) is 16.3. The van der Waals surface area contributed by atoms with Gasteiger partial charge in [-0.1, -0.05) is 12.1 Å². The number of carboxylic acids is 1. The highest BCUT2D eigenvalue weighted by Crippen LogP contribution is 2.41. The van der Waals surface area contributed by atoms with E-state index in [0.717, 1.165) is 19.2 Å². The average Bonchev–Trinajstić information content (AvgIpc) is 2.96. The highest BCUT2D eigenvalue weighted by molar-refractivity contribution is 5.85. The second kappa shape index (κ2) is 11.7. The zero-order valence-corrected chi connectivity index (χ0v) is 24.0. The van der Waals surface area contributed by atoms with Crippen molar-refractivity contribution in [1.29, 1.82) is 0 Å². The molecule has 0 spiro atoms. The smallest absolute Gasteiger partial charge is 0.420 e. The third-order valence-corrected chi connectivity index (χ3v) is 7.48. The van der Waals surface area contributed by atoms with Gasteiger partial charge >= 0.3 is 12.1 Å². The van der Waals surface area contributed by atoms with Gasteiger partial charge in [-0.15, -0.1) is 0 Å². The number of hydrogen-bond donors (Lipinski definition) is 2.